The summed E-state index contributed by atoms with van der Waals surface area (Å²) in [5.41, 5.74) is 8.71. The summed E-state index contributed by atoms with van der Waals surface area (Å²) in [7, 11) is 2.01. The van der Waals surface area contributed by atoms with Gasteiger partial charge in [-0.2, -0.15) is 5.10 Å². The summed E-state index contributed by atoms with van der Waals surface area (Å²) >= 11 is 0. The summed E-state index contributed by atoms with van der Waals surface area (Å²) in [6.45, 7) is 5.09. The number of hydrogen-bond acceptors (Lipinski definition) is 3. The van der Waals surface area contributed by atoms with E-state index in [0.717, 1.165) is 38.2 Å². The Balaban J connectivity index is 1.74. The van der Waals surface area contributed by atoms with E-state index >= 15 is 0 Å². The van der Waals surface area contributed by atoms with E-state index in [1.54, 1.807) is 0 Å². The number of aryl methyl sites for hydroxylation is 1. The predicted octanol–water partition coefficient (Wildman–Crippen LogP) is 1.89. The molecule has 0 bridgehead atoms. The van der Waals surface area contributed by atoms with Gasteiger partial charge >= 0.3 is 0 Å². The minimum Gasteiger partial charge on any atom is -0.323 e. The fraction of sp³-hybridized carbons (Fsp3) is 0.533. The molecule has 3 rings (SSSR count). The summed E-state index contributed by atoms with van der Waals surface area (Å²) in [6.07, 6.45) is 2.28. The lowest BCUT2D eigenvalue weighted by molar-refractivity contribution is 0.0558. The van der Waals surface area contributed by atoms with Crippen LogP contribution in [0.4, 0.5) is 0 Å². The van der Waals surface area contributed by atoms with Crippen LogP contribution >= 0.6 is 0 Å². The third kappa shape index (κ3) is 2.26. The number of nitrogens with two attached hydrogens (primary N) is 1. The minimum atomic E-state index is 0.0410. The summed E-state index contributed by atoms with van der Waals surface area (Å²) in [5.74, 6) is 0. The van der Waals surface area contributed by atoms with Gasteiger partial charge in [0.2, 0.25) is 0 Å². The van der Waals surface area contributed by atoms with Crippen LogP contribution in [0.1, 0.15) is 25.5 Å². The molecular weight excluding hydrogens is 236 g/mol. The highest BCUT2D eigenvalue weighted by atomic mass is 15.3. The molecule has 0 amide bonds. The maximum atomic E-state index is 6.31. The van der Waals surface area contributed by atoms with E-state index in [4.69, 9.17) is 5.73 Å². The molecule has 0 aliphatic carbocycles. The lowest BCUT2D eigenvalue weighted by Crippen LogP contribution is -2.66. The first kappa shape index (κ1) is 12.6. The molecule has 0 unspecified atom stereocenters. The zero-order valence-corrected chi connectivity index (χ0v) is 11.8. The standard InChI is InChI=1S/C15H22N4/c1-3-8-15(16)10-19(11-15)9-13-12-6-4-5-7-14(12)18(2)17-13/h4-7H,3,8-11,16H2,1-2H3. The van der Waals surface area contributed by atoms with E-state index in [0.29, 0.717) is 0 Å². The first-order valence-electron chi connectivity index (χ1n) is 7.03. The molecule has 1 aliphatic heterocycles. The van der Waals surface area contributed by atoms with E-state index in [1.165, 1.54) is 10.9 Å². The monoisotopic (exact) mass is 258 g/mol. The van der Waals surface area contributed by atoms with E-state index in [9.17, 15) is 0 Å². The predicted molar refractivity (Wildman–Crippen MR) is 77.8 cm³/mol. The largest absolute Gasteiger partial charge is 0.323 e. The van der Waals surface area contributed by atoms with Crippen molar-refractivity contribution in [2.75, 3.05) is 13.1 Å². The third-order valence-electron chi connectivity index (χ3n) is 4.03. The normalized spacial score (nSPS) is 18.7. The highest BCUT2D eigenvalue weighted by Crippen LogP contribution is 2.26. The molecular formula is C15H22N4. The van der Waals surface area contributed by atoms with Crippen molar-refractivity contribution in [2.24, 2.45) is 12.8 Å². The number of rotatable bonds is 4. The maximum Gasteiger partial charge on any atom is 0.0843 e. The molecule has 1 aliphatic rings. The quantitative estimate of drug-likeness (QED) is 0.911. The Morgan fingerprint density at radius 2 is 2.05 bits per heavy atom. The zero-order valence-electron chi connectivity index (χ0n) is 11.8. The second kappa shape index (κ2) is 4.62. The van der Waals surface area contributed by atoms with Gasteiger partial charge in [-0.25, -0.2) is 0 Å². The molecule has 102 valence electrons. The number of fused-ring (bicyclic) bond motifs is 1. The topological polar surface area (TPSA) is 47.1 Å². The lowest BCUT2D eigenvalue weighted by atomic mass is 9.86. The zero-order chi connectivity index (χ0) is 13.5. The van der Waals surface area contributed by atoms with Crippen LogP contribution in [0.15, 0.2) is 24.3 Å². The van der Waals surface area contributed by atoms with E-state index in [2.05, 4.69) is 41.2 Å². The smallest absolute Gasteiger partial charge is 0.0843 e. The van der Waals surface area contributed by atoms with Gasteiger partial charge in [0.25, 0.3) is 0 Å². The van der Waals surface area contributed by atoms with Crippen molar-refractivity contribution in [3.05, 3.63) is 30.0 Å². The van der Waals surface area contributed by atoms with Crippen LogP contribution in [-0.2, 0) is 13.6 Å². The number of aromatic nitrogens is 2. The minimum absolute atomic E-state index is 0.0410. The van der Waals surface area contributed by atoms with E-state index in [-0.39, 0.29) is 5.54 Å². The molecule has 0 radical (unpaired) electrons. The van der Waals surface area contributed by atoms with Gasteiger partial charge in [-0.1, -0.05) is 31.5 Å². The van der Waals surface area contributed by atoms with Crippen LogP contribution in [0.5, 0.6) is 0 Å². The Morgan fingerprint density at radius 1 is 1.32 bits per heavy atom. The molecule has 2 aromatic rings. The first-order chi connectivity index (χ1) is 9.11. The Morgan fingerprint density at radius 3 is 2.79 bits per heavy atom. The lowest BCUT2D eigenvalue weighted by Gasteiger charge is -2.47. The van der Waals surface area contributed by atoms with Crippen molar-refractivity contribution in [3.8, 4) is 0 Å². The Bertz CT molecular complexity index is 581. The van der Waals surface area contributed by atoms with E-state index < -0.39 is 0 Å². The second-order valence-electron chi connectivity index (χ2n) is 5.84. The van der Waals surface area contributed by atoms with Crippen LogP contribution in [0, 0.1) is 0 Å². The third-order valence-corrected chi connectivity index (χ3v) is 4.03. The molecule has 1 aromatic carbocycles. The van der Waals surface area contributed by atoms with Gasteiger partial charge in [0.15, 0.2) is 0 Å². The van der Waals surface area contributed by atoms with Crippen molar-refractivity contribution in [2.45, 2.75) is 31.8 Å². The van der Waals surface area contributed by atoms with Crippen molar-refractivity contribution in [1.29, 1.82) is 0 Å². The van der Waals surface area contributed by atoms with Crippen molar-refractivity contribution < 1.29 is 0 Å². The molecule has 0 saturated carbocycles. The van der Waals surface area contributed by atoms with Crippen LogP contribution in [0.3, 0.4) is 0 Å². The Labute approximate surface area is 114 Å². The number of nitrogens with zero attached hydrogens (tertiary/aromatic N) is 3. The Hall–Kier alpha value is -1.39. The number of hydrogen-bond donors (Lipinski definition) is 1. The molecule has 19 heavy (non-hydrogen) atoms. The maximum absolute atomic E-state index is 6.31. The SMILES string of the molecule is CCCC1(N)CN(Cc2nn(C)c3ccccc23)C1. The average molecular weight is 258 g/mol. The van der Waals surface area contributed by atoms with Crippen LogP contribution in [0.2, 0.25) is 0 Å². The second-order valence-corrected chi connectivity index (χ2v) is 5.84. The van der Waals surface area contributed by atoms with Gasteiger partial charge in [0.1, 0.15) is 0 Å². The fourth-order valence-corrected chi connectivity index (χ4v) is 3.23. The molecule has 2 heterocycles. The number of benzene rings is 1. The number of para-hydroxylation sites is 1. The van der Waals surface area contributed by atoms with Crippen LogP contribution < -0.4 is 5.73 Å². The van der Waals surface area contributed by atoms with E-state index in [1.807, 2.05) is 11.7 Å². The molecule has 0 spiro atoms. The molecule has 1 fully saturated rings. The molecule has 0 atom stereocenters. The summed E-state index contributed by atoms with van der Waals surface area (Å²) in [6, 6.07) is 8.41. The Kier molecular flexibility index (Phi) is 3.07. The molecule has 1 saturated heterocycles. The van der Waals surface area contributed by atoms with Crippen LogP contribution in [0.25, 0.3) is 10.9 Å². The van der Waals surface area contributed by atoms with Crippen molar-refractivity contribution in [1.82, 2.24) is 14.7 Å². The summed E-state index contributed by atoms with van der Waals surface area (Å²) in [4.78, 5) is 2.39. The van der Waals surface area contributed by atoms with Gasteiger partial charge in [0.05, 0.1) is 11.2 Å². The molecule has 4 heteroatoms. The van der Waals surface area contributed by atoms with Gasteiger partial charge < -0.3 is 5.73 Å². The van der Waals surface area contributed by atoms with Crippen molar-refractivity contribution >= 4 is 10.9 Å². The van der Waals surface area contributed by atoms with Gasteiger partial charge in [-0.3, -0.25) is 9.58 Å². The highest BCUT2D eigenvalue weighted by Gasteiger charge is 2.38. The number of likely N-dealkylation sites (tertiary alicyclic amines) is 1. The average Bonchev–Trinajstić information content (AvgIpc) is 2.66. The fourth-order valence-electron chi connectivity index (χ4n) is 3.23. The van der Waals surface area contributed by atoms with Crippen molar-refractivity contribution in [3.63, 3.8) is 0 Å². The molecule has 2 N–H and O–H groups in total. The summed E-state index contributed by atoms with van der Waals surface area (Å²) < 4.78 is 1.96. The van der Waals surface area contributed by atoms with Gasteiger partial charge in [-0.15, -0.1) is 0 Å². The van der Waals surface area contributed by atoms with Crippen LogP contribution in [-0.4, -0.2) is 33.3 Å². The molecule has 1 aromatic heterocycles. The highest BCUT2D eigenvalue weighted by molar-refractivity contribution is 5.81. The first-order valence-corrected chi connectivity index (χ1v) is 7.03. The van der Waals surface area contributed by atoms with Gasteiger partial charge in [-0.05, 0) is 12.5 Å². The summed E-state index contributed by atoms with van der Waals surface area (Å²) in [5, 5.41) is 5.90. The molecule has 4 nitrogen and oxygen atoms in total. The van der Waals surface area contributed by atoms with Gasteiger partial charge in [0, 0.05) is 37.6 Å².